The summed E-state index contributed by atoms with van der Waals surface area (Å²) in [7, 11) is 0. The molecule has 2 atom stereocenters. The summed E-state index contributed by atoms with van der Waals surface area (Å²) in [5.41, 5.74) is 5.46. The normalized spacial score (nSPS) is 13.8. The molecule has 1 rings (SSSR count). The summed E-state index contributed by atoms with van der Waals surface area (Å²) in [6.45, 7) is 5.39. The molecule has 1 aromatic rings. The molecular weight excluding hydrogens is 236 g/mol. The van der Waals surface area contributed by atoms with E-state index in [1.807, 2.05) is 6.92 Å². The molecule has 0 radical (unpaired) electrons. The van der Waals surface area contributed by atoms with Gasteiger partial charge in [0, 0.05) is 0 Å². The van der Waals surface area contributed by atoms with E-state index in [4.69, 9.17) is 10.2 Å². The van der Waals surface area contributed by atoms with Crippen molar-refractivity contribution in [2.45, 2.75) is 32.9 Å². The molecule has 0 spiro atoms. The highest BCUT2D eigenvalue weighted by Gasteiger charge is 2.25. The second-order valence-electron chi connectivity index (χ2n) is 3.91. The van der Waals surface area contributed by atoms with Crippen LogP contribution in [0.3, 0.4) is 0 Å². The van der Waals surface area contributed by atoms with Crippen LogP contribution in [0.2, 0.25) is 0 Å². The average Bonchev–Trinajstić information content (AvgIpc) is 2.75. The van der Waals surface area contributed by atoms with E-state index in [-0.39, 0.29) is 12.6 Å². The fourth-order valence-electron chi connectivity index (χ4n) is 1.40. The molecule has 2 unspecified atom stereocenters. The van der Waals surface area contributed by atoms with Gasteiger partial charge in [0.1, 0.15) is 11.5 Å². The van der Waals surface area contributed by atoms with Crippen molar-refractivity contribution in [2.24, 2.45) is 5.73 Å². The Bertz CT molecular complexity index is 427. The van der Waals surface area contributed by atoms with Crippen LogP contribution in [0.4, 0.5) is 0 Å². The second kappa shape index (κ2) is 6.20. The van der Waals surface area contributed by atoms with E-state index in [1.165, 1.54) is 0 Å². The highest BCUT2D eigenvalue weighted by Crippen LogP contribution is 2.15. The third kappa shape index (κ3) is 3.59. The number of nitrogens with two attached hydrogens (primary N) is 1. The maximum atomic E-state index is 11.7. The zero-order valence-electron chi connectivity index (χ0n) is 10.7. The largest absolute Gasteiger partial charge is 0.464 e. The number of aryl methyl sites for hydroxylation is 1. The lowest BCUT2D eigenvalue weighted by Gasteiger charge is -2.15. The number of carbonyl (C=O) groups excluding carboxylic acids is 2. The van der Waals surface area contributed by atoms with E-state index < -0.39 is 17.9 Å². The van der Waals surface area contributed by atoms with Gasteiger partial charge in [-0.3, -0.25) is 4.79 Å². The van der Waals surface area contributed by atoms with Gasteiger partial charge in [-0.15, -0.1) is 0 Å². The van der Waals surface area contributed by atoms with E-state index in [1.54, 1.807) is 26.0 Å². The highest BCUT2D eigenvalue weighted by molar-refractivity contribution is 6.01. The topological polar surface area (TPSA) is 94.6 Å². The molecule has 0 aliphatic carbocycles. The predicted octanol–water partition coefficient (Wildman–Crippen LogP) is 0.656. The lowest BCUT2D eigenvalue weighted by molar-refractivity contribution is -0.148. The molecule has 6 heteroatoms. The van der Waals surface area contributed by atoms with Gasteiger partial charge < -0.3 is 20.2 Å². The zero-order chi connectivity index (χ0) is 13.7. The Hall–Kier alpha value is -1.82. The number of ether oxygens (including phenoxy) is 1. The lowest BCUT2D eigenvalue weighted by Crippen LogP contribution is -2.47. The van der Waals surface area contributed by atoms with E-state index in [0.29, 0.717) is 5.76 Å². The number of hydrogen-bond acceptors (Lipinski definition) is 5. The van der Waals surface area contributed by atoms with Gasteiger partial charge in [-0.25, -0.2) is 4.79 Å². The summed E-state index contributed by atoms with van der Waals surface area (Å²) in [4.78, 5) is 22.9. The van der Waals surface area contributed by atoms with Crippen molar-refractivity contribution in [2.75, 3.05) is 6.61 Å². The minimum atomic E-state index is -1.32. The average molecular weight is 254 g/mol. The molecule has 1 heterocycles. The Morgan fingerprint density at radius 3 is 2.67 bits per heavy atom. The predicted molar refractivity (Wildman–Crippen MR) is 64.6 cm³/mol. The number of amides is 1. The maximum absolute atomic E-state index is 11.7. The number of carbonyl (C=O) groups is 2. The molecule has 0 bridgehead atoms. The van der Waals surface area contributed by atoms with Crippen LogP contribution >= 0.6 is 0 Å². The Balaban J connectivity index is 2.56. The molecule has 0 aromatic carbocycles. The third-order valence-electron chi connectivity index (χ3n) is 2.37. The van der Waals surface area contributed by atoms with Crippen LogP contribution in [0, 0.1) is 6.92 Å². The van der Waals surface area contributed by atoms with Gasteiger partial charge in [-0.2, -0.15) is 0 Å². The summed E-state index contributed by atoms with van der Waals surface area (Å²) < 4.78 is 10.0. The van der Waals surface area contributed by atoms with Gasteiger partial charge in [0.25, 0.3) is 0 Å². The molecule has 0 aliphatic rings. The van der Waals surface area contributed by atoms with Crippen LogP contribution in [0.1, 0.15) is 31.4 Å². The molecule has 0 aliphatic heterocycles. The minimum absolute atomic E-state index is 0.187. The number of nitrogens with one attached hydrogen (secondary N) is 1. The van der Waals surface area contributed by atoms with E-state index in [2.05, 4.69) is 10.1 Å². The summed E-state index contributed by atoms with van der Waals surface area (Å²) >= 11 is 0. The van der Waals surface area contributed by atoms with Gasteiger partial charge in [0.05, 0.1) is 12.6 Å². The smallest absolute Gasteiger partial charge is 0.332 e. The molecule has 0 saturated carbocycles. The van der Waals surface area contributed by atoms with E-state index in [0.717, 1.165) is 5.76 Å². The molecule has 1 amide bonds. The number of esters is 1. The van der Waals surface area contributed by atoms with Gasteiger partial charge in [0.2, 0.25) is 5.91 Å². The van der Waals surface area contributed by atoms with Gasteiger partial charge in [-0.05, 0) is 32.9 Å². The Kier molecular flexibility index (Phi) is 4.91. The zero-order valence-corrected chi connectivity index (χ0v) is 10.7. The fourth-order valence-corrected chi connectivity index (χ4v) is 1.40. The molecule has 1 aromatic heterocycles. The fraction of sp³-hybridized carbons (Fsp3) is 0.500. The van der Waals surface area contributed by atoms with Crippen molar-refractivity contribution in [3.05, 3.63) is 23.7 Å². The summed E-state index contributed by atoms with van der Waals surface area (Å²) in [5.74, 6) is 0.0329. The number of rotatable bonds is 5. The minimum Gasteiger partial charge on any atom is -0.464 e. The second-order valence-corrected chi connectivity index (χ2v) is 3.91. The van der Waals surface area contributed by atoms with Crippen molar-refractivity contribution in [3.63, 3.8) is 0 Å². The monoisotopic (exact) mass is 254 g/mol. The summed E-state index contributed by atoms with van der Waals surface area (Å²) in [6, 6.07) is 1.88. The van der Waals surface area contributed by atoms with Crippen molar-refractivity contribution in [1.82, 2.24) is 5.32 Å². The Morgan fingerprint density at radius 2 is 2.17 bits per heavy atom. The SMILES string of the molecule is CCOC(=O)C(N)C(=O)NC(C)c1ccc(C)o1. The van der Waals surface area contributed by atoms with Crippen LogP contribution in [0.5, 0.6) is 0 Å². The van der Waals surface area contributed by atoms with Crippen molar-refractivity contribution in [3.8, 4) is 0 Å². The molecule has 3 N–H and O–H groups in total. The van der Waals surface area contributed by atoms with Gasteiger partial charge in [0.15, 0.2) is 6.04 Å². The number of furan rings is 1. The van der Waals surface area contributed by atoms with Gasteiger partial charge in [-0.1, -0.05) is 0 Å². The van der Waals surface area contributed by atoms with Gasteiger partial charge >= 0.3 is 5.97 Å². The van der Waals surface area contributed by atoms with E-state index >= 15 is 0 Å². The standard InChI is InChI=1S/C12H18N2O4/c1-4-17-12(16)10(13)11(15)14-8(3)9-6-5-7(2)18-9/h5-6,8,10H,4,13H2,1-3H3,(H,14,15). The van der Waals surface area contributed by atoms with E-state index in [9.17, 15) is 9.59 Å². The molecule has 0 fully saturated rings. The Morgan fingerprint density at radius 1 is 1.50 bits per heavy atom. The highest BCUT2D eigenvalue weighted by atomic mass is 16.5. The lowest BCUT2D eigenvalue weighted by atomic mass is 10.2. The van der Waals surface area contributed by atoms with Crippen molar-refractivity contribution < 1.29 is 18.7 Å². The maximum Gasteiger partial charge on any atom is 0.332 e. The molecular formula is C12H18N2O4. The van der Waals surface area contributed by atoms with Crippen LogP contribution in [-0.2, 0) is 14.3 Å². The first kappa shape index (κ1) is 14.2. The number of hydrogen-bond donors (Lipinski definition) is 2. The van der Waals surface area contributed by atoms with Crippen LogP contribution in [0.15, 0.2) is 16.5 Å². The van der Waals surface area contributed by atoms with Crippen LogP contribution in [0.25, 0.3) is 0 Å². The first-order valence-electron chi connectivity index (χ1n) is 5.74. The molecule has 18 heavy (non-hydrogen) atoms. The quantitative estimate of drug-likeness (QED) is 0.594. The first-order valence-corrected chi connectivity index (χ1v) is 5.74. The summed E-state index contributed by atoms with van der Waals surface area (Å²) in [6.07, 6.45) is 0. The Labute approximate surface area is 105 Å². The van der Waals surface area contributed by atoms with Crippen molar-refractivity contribution >= 4 is 11.9 Å². The first-order chi connectivity index (χ1) is 8.45. The molecule has 100 valence electrons. The summed E-state index contributed by atoms with van der Waals surface area (Å²) in [5, 5.41) is 2.59. The third-order valence-corrected chi connectivity index (χ3v) is 2.37. The van der Waals surface area contributed by atoms with Crippen LogP contribution < -0.4 is 11.1 Å². The molecule has 6 nitrogen and oxygen atoms in total. The molecule has 0 saturated heterocycles. The van der Waals surface area contributed by atoms with Crippen LogP contribution in [-0.4, -0.2) is 24.5 Å². The van der Waals surface area contributed by atoms with Crippen molar-refractivity contribution in [1.29, 1.82) is 0 Å².